The topological polar surface area (TPSA) is 43.9 Å². The molecule has 0 bridgehead atoms. The van der Waals surface area contributed by atoms with Crippen molar-refractivity contribution in [2.45, 2.75) is 71.4 Å². The predicted octanol–water partition coefficient (Wildman–Crippen LogP) is 7.02. The zero-order chi connectivity index (χ0) is 31.7. The summed E-state index contributed by atoms with van der Waals surface area (Å²) in [6.45, 7) is 10.1. The second-order valence-corrected chi connectivity index (χ2v) is 12.8. The van der Waals surface area contributed by atoms with E-state index in [1.807, 2.05) is 25.7 Å². The molecule has 236 valence electrons. The first-order chi connectivity index (χ1) is 19.9. The number of amides is 2. The maximum atomic E-state index is 13.6. The SMILES string of the molecule is CC(=O)N1CCC(CC(=O)N2CCN(C(c3ccc(C(F)(F)F)cc3)c3ccc(C(F)(F)F)cc3)CC2C(C)(C)C)CC1. The molecule has 2 fully saturated rings. The minimum absolute atomic E-state index is 0.0291. The first kappa shape index (κ1) is 32.8. The summed E-state index contributed by atoms with van der Waals surface area (Å²) in [7, 11) is 0. The van der Waals surface area contributed by atoms with Gasteiger partial charge in [-0.1, -0.05) is 45.0 Å². The lowest BCUT2D eigenvalue weighted by atomic mass is 9.82. The molecule has 2 aliphatic rings. The summed E-state index contributed by atoms with van der Waals surface area (Å²) in [6.07, 6.45) is -7.15. The van der Waals surface area contributed by atoms with Crippen molar-refractivity contribution >= 4 is 11.8 Å². The van der Waals surface area contributed by atoms with Crippen LogP contribution in [0.2, 0.25) is 0 Å². The van der Waals surface area contributed by atoms with E-state index in [1.54, 1.807) is 11.8 Å². The second kappa shape index (κ2) is 12.5. The van der Waals surface area contributed by atoms with Gasteiger partial charge in [0.25, 0.3) is 0 Å². The smallest absolute Gasteiger partial charge is 0.343 e. The van der Waals surface area contributed by atoms with Crippen LogP contribution in [0.5, 0.6) is 0 Å². The molecule has 0 spiro atoms. The average Bonchev–Trinajstić information content (AvgIpc) is 2.92. The summed E-state index contributed by atoms with van der Waals surface area (Å²) in [5, 5.41) is 0. The number of alkyl halides is 6. The highest BCUT2D eigenvalue weighted by Crippen LogP contribution is 2.38. The number of benzene rings is 2. The molecule has 1 unspecified atom stereocenters. The van der Waals surface area contributed by atoms with Gasteiger partial charge < -0.3 is 9.80 Å². The van der Waals surface area contributed by atoms with Gasteiger partial charge in [0, 0.05) is 52.1 Å². The van der Waals surface area contributed by atoms with Crippen LogP contribution in [0.3, 0.4) is 0 Å². The van der Waals surface area contributed by atoms with Gasteiger partial charge >= 0.3 is 12.4 Å². The molecule has 2 saturated heterocycles. The van der Waals surface area contributed by atoms with Crippen LogP contribution in [-0.4, -0.2) is 65.3 Å². The summed E-state index contributed by atoms with van der Waals surface area (Å²) in [4.78, 5) is 31.1. The molecule has 0 radical (unpaired) electrons. The summed E-state index contributed by atoms with van der Waals surface area (Å²) >= 11 is 0. The average molecular weight is 612 g/mol. The Bertz CT molecular complexity index is 1200. The van der Waals surface area contributed by atoms with Crippen LogP contribution in [0.1, 0.15) is 75.3 Å². The molecular formula is C32H39F6N3O2. The van der Waals surface area contributed by atoms with Crippen molar-refractivity contribution in [3.63, 3.8) is 0 Å². The van der Waals surface area contributed by atoms with Crippen molar-refractivity contribution in [3.05, 3.63) is 70.8 Å². The van der Waals surface area contributed by atoms with Crippen molar-refractivity contribution in [2.24, 2.45) is 11.3 Å². The molecule has 2 heterocycles. The van der Waals surface area contributed by atoms with E-state index in [0.29, 0.717) is 50.3 Å². The second-order valence-electron chi connectivity index (χ2n) is 12.8. The number of carbonyl (C=O) groups excluding carboxylic acids is 2. The van der Waals surface area contributed by atoms with Crippen LogP contribution >= 0.6 is 0 Å². The summed E-state index contributed by atoms with van der Waals surface area (Å²) in [5.41, 5.74) is -0.911. The van der Waals surface area contributed by atoms with Gasteiger partial charge in [-0.15, -0.1) is 0 Å². The van der Waals surface area contributed by atoms with E-state index < -0.39 is 29.5 Å². The molecule has 0 saturated carbocycles. The lowest BCUT2D eigenvalue weighted by Gasteiger charge is -2.50. The van der Waals surface area contributed by atoms with Gasteiger partial charge in [0.1, 0.15) is 0 Å². The molecule has 2 aromatic carbocycles. The third kappa shape index (κ3) is 7.91. The maximum absolute atomic E-state index is 13.6. The van der Waals surface area contributed by atoms with Crippen LogP contribution in [-0.2, 0) is 21.9 Å². The van der Waals surface area contributed by atoms with E-state index in [-0.39, 0.29) is 29.2 Å². The zero-order valence-electron chi connectivity index (χ0n) is 24.9. The van der Waals surface area contributed by atoms with Crippen LogP contribution in [0, 0.1) is 11.3 Å². The summed E-state index contributed by atoms with van der Waals surface area (Å²) < 4.78 is 79.8. The number of halogens is 6. The van der Waals surface area contributed by atoms with Crippen molar-refractivity contribution in [1.29, 1.82) is 0 Å². The Labute approximate surface area is 248 Å². The normalized spacial score (nSPS) is 19.7. The Hall–Kier alpha value is -3.08. The van der Waals surface area contributed by atoms with Gasteiger partial charge in [-0.2, -0.15) is 26.3 Å². The number of piperazine rings is 1. The molecule has 1 atom stereocenters. The van der Waals surface area contributed by atoms with Gasteiger partial charge in [0.15, 0.2) is 0 Å². The number of likely N-dealkylation sites (tertiary alicyclic amines) is 1. The molecule has 0 aliphatic carbocycles. The standard InChI is InChI=1S/C32H39F6N3O2/c1-21(42)39-15-13-22(14-16-39)19-28(43)41-18-17-40(20-27(41)30(2,3)4)29(23-5-9-25(10-6-23)31(33,34)35)24-7-11-26(12-8-24)32(36,37)38/h5-12,22,27,29H,13-20H2,1-4H3. The summed E-state index contributed by atoms with van der Waals surface area (Å²) in [6, 6.07) is 8.63. The number of hydrogen-bond donors (Lipinski definition) is 0. The van der Waals surface area contributed by atoms with Gasteiger partial charge in [-0.25, -0.2) is 0 Å². The van der Waals surface area contributed by atoms with E-state index in [9.17, 15) is 35.9 Å². The van der Waals surface area contributed by atoms with Crippen molar-refractivity contribution in [3.8, 4) is 0 Å². The molecule has 2 aromatic rings. The molecule has 5 nitrogen and oxygen atoms in total. The Morgan fingerprint density at radius 1 is 0.767 bits per heavy atom. The predicted molar refractivity (Wildman–Crippen MR) is 151 cm³/mol. The van der Waals surface area contributed by atoms with Crippen LogP contribution in [0.4, 0.5) is 26.3 Å². The number of carbonyl (C=O) groups is 2. The number of hydrogen-bond acceptors (Lipinski definition) is 3. The van der Waals surface area contributed by atoms with E-state index in [2.05, 4.69) is 4.90 Å². The monoisotopic (exact) mass is 611 g/mol. The van der Waals surface area contributed by atoms with Crippen LogP contribution in [0.15, 0.2) is 48.5 Å². The third-order valence-corrected chi connectivity index (χ3v) is 8.73. The number of piperidine rings is 1. The Kier molecular flexibility index (Phi) is 9.54. The van der Waals surface area contributed by atoms with E-state index >= 15 is 0 Å². The van der Waals surface area contributed by atoms with Gasteiger partial charge in [0.05, 0.1) is 17.2 Å². The molecule has 11 heteroatoms. The first-order valence-electron chi connectivity index (χ1n) is 14.6. The number of nitrogens with zero attached hydrogens (tertiary/aromatic N) is 3. The maximum Gasteiger partial charge on any atom is 0.416 e. The molecule has 0 N–H and O–H groups in total. The van der Waals surface area contributed by atoms with Gasteiger partial charge in [-0.05, 0) is 59.6 Å². The molecule has 43 heavy (non-hydrogen) atoms. The highest BCUT2D eigenvalue weighted by molar-refractivity contribution is 5.77. The highest BCUT2D eigenvalue weighted by atomic mass is 19.4. The molecule has 4 rings (SSSR count). The van der Waals surface area contributed by atoms with Gasteiger partial charge in [-0.3, -0.25) is 14.5 Å². The minimum atomic E-state index is -4.52. The zero-order valence-corrected chi connectivity index (χ0v) is 24.9. The lowest BCUT2D eigenvalue weighted by Crippen LogP contribution is -2.60. The van der Waals surface area contributed by atoms with Gasteiger partial charge in [0.2, 0.25) is 11.8 Å². The lowest BCUT2D eigenvalue weighted by molar-refractivity contribution is -0.141. The van der Waals surface area contributed by atoms with E-state index in [1.165, 1.54) is 24.3 Å². The summed E-state index contributed by atoms with van der Waals surface area (Å²) in [5.74, 6) is 0.236. The first-order valence-corrected chi connectivity index (χ1v) is 14.6. The van der Waals surface area contributed by atoms with Crippen molar-refractivity contribution in [2.75, 3.05) is 32.7 Å². The Morgan fingerprint density at radius 2 is 1.23 bits per heavy atom. The van der Waals surface area contributed by atoms with E-state index in [0.717, 1.165) is 37.1 Å². The van der Waals surface area contributed by atoms with Crippen LogP contribution < -0.4 is 0 Å². The van der Waals surface area contributed by atoms with E-state index in [4.69, 9.17) is 0 Å². The fourth-order valence-electron chi connectivity index (χ4n) is 6.22. The molecule has 0 aromatic heterocycles. The Balaban J connectivity index is 1.60. The minimum Gasteiger partial charge on any atom is -0.343 e. The number of rotatable bonds is 5. The largest absolute Gasteiger partial charge is 0.416 e. The highest BCUT2D eigenvalue weighted by Gasteiger charge is 2.41. The van der Waals surface area contributed by atoms with Crippen molar-refractivity contribution < 1.29 is 35.9 Å². The molecule has 2 aliphatic heterocycles. The molecular weight excluding hydrogens is 572 g/mol. The fraction of sp³-hybridized carbons (Fsp3) is 0.562. The third-order valence-electron chi connectivity index (χ3n) is 8.73. The van der Waals surface area contributed by atoms with Crippen LogP contribution in [0.25, 0.3) is 0 Å². The molecule has 2 amide bonds. The van der Waals surface area contributed by atoms with Crippen molar-refractivity contribution in [1.82, 2.24) is 14.7 Å². The Morgan fingerprint density at radius 3 is 1.63 bits per heavy atom. The quantitative estimate of drug-likeness (QED) is 0.342. The fourth-order valence-corrected chi connectivity index (χ4v) is 6.22.